The second-order valence-electron chi connectivity index (χ2n) is 7.15. The van der Waals surface area contributed by atoms with E-state index in [1.807, 2.05) is 48.5 Å². The van der Waals surface area contributed by atoms with Crippen molar-refractivity contribution < 1.29 is 14.3 Å². The maximum atomic E-state index is 14.1. The van der Waals surface area contributed by atoms with E-state index < -0.39 is 17.8 Å². The molecule has 5 rings (SSSR count). The minimum Gasteiger partial charge on any atom is -0.508 e. The van der Waals surface area contributed by atoms with E-state index in [9.17, 15) is 14.3 Å². The van der Waals surface area contributed by atoms with Crippen molar-refractivity contribution in [3.05, 3.63) is 95.9 Å². The molecule has 3 aromatic carbocycles. The van der Waals surface area contributed by atoms with E-state index in [4.69, 9.17) is 5.10 Å². The monoisotopic (exact) mass is 444 g/mol. The number of rotatable bonds is 5. The van der Waals surface area contributed by atoms with E-state index >= 15 is 0 Å². The maximum absolute atomic E-state index is 14.1. The lowest BCUT2D eigenvalue weighted by Crippen LogP contribution is -2.27. The first-order valence-electron chi connectivity index (χ1n) is 9.82. The van der Waals surface area contributed by atoms with E-state index in [1.54, 1.807) is 17.8 Å². The molecule has 1 atom stereocenters. The lowest BCUT2D eigenvalue weighted by molar-refractivity contribution is -0.118. The van der Waals surface area contributed by atoms with Crippen LogP contribution in [-0.2, 0) is 4.79 Å². The fourth-order valence-corrected chi connectivity index (χ4v) is 4.19. The molecule has 2 heterocycles. The minimum atomic E-state index is -1.11. The van der Waals surface area contributed by atoms with Gasteiger partial charge in [0.2, 0.25) is 0 Å². The van der Waals surface area contributed by atoms with Crippen molar-refractivity contribution in [2.24, 2.45) is 0 Å². The van der Waals surface area contributed by atoms with Gasteiger partial charge in [0.1, 0.15) is 17.1 Å². The second kappa shape index (κ2) is 8.24. The van der Waals surface area contributed by atoms with E-state index in [0.29, 0.717) is 10.6 Å². The molecule has 5 aromatic rings. The Bertz CT molecular complexity index is 1400. The number of carbonyl (C=O) groups excluding carboxylic acids is 1. The lowest BCUT2D eigenvalue weighted by atomic mass is 10.0. The Hall–Kier alpha value is -4.04. The summed E-state index contributed by atoms with van der Waals surface area (Å²) in [4.78, 5) is 17.4. The number of benzene rings is 3. The van der Waals surface area contributed by atoms with Crippen LogP contribution in [0.3, 0.4) is 0 Å². The largest absolute Gasteiger partial charge is 0.508 e. The number of aromatic nitrogens is 3. The Morgan fingerprint density at radius 3 is 2.72 bits per heavy atom. The topological polar surface area (TPSA) is 80.0 Å². The summed E-state index contributed by atoms with van der Waals surface area (Å²) < 4.78 is 15.5. The van der Waals surface area contributed by atoms with Crippen LogP contribution in [0.15, 0.2) is 84.5 Å². The van der Waals surface area contributed by atoms with Gasteiger partial charge in [0.25, 0.3) is 5.91 Å². The number of aromatic hydroxyl groups is 1. The van der Waals surface area contributed by atoms with Gasteiger partial charge in [-0.3, -0.25) is 14.8 Å². The summed E-state index contributed by atoms with van der Waals surface area (Å²) >= 11 is 1.26. The standard InChI is InChI=1S/C24H17FN4O2S/c25-17-9-10-20(30)19(13-17)22(23(31)27-24-26-11-12-32-24)29-14-16-7-4-8-18(21(16)28-29)15-5-2-1-3-6-15/h1-14,22,30H,(H,26,27,31). The molecular weight excluding hydrogens is 427 g/mol. The Morgan fingerprint density at radius 1 is 1.09 bits per heavy atom. The molecular formula is C24H17FN4O2S. The van der Waals surface area contributed by atoms with Gasteiger partial charge in [-0.05, 0) is 23.8 Å². The fourth-order valence-electron chi connectivity index (χ4n) is 3.65. The lowest BCUT2D eigenvalue weighted by Gasteiger charge is -2.18. The summed E-state index contributed by atoms with van der Waals surface area (Å²) in [6, 6.07) is 18.0. The molecule has 2 aromatic heterocycles. The van der Waals surface area contributed by atoms with Crippen LogP contribution in [0.2, 0.25) is 0 Å². The van der Waals surface area contributed by atoms with Crippen molar-refractivity contribution in [1.82, 2.24) is 14.8 Å². The SMILES string of the molecule is O=C(Nc1nccs1)C(c1cc(F)ccc1O)n1cc2cccc(-c3ccccc3)c2n1. The van der Waals surface area contributed by atoms with Crippen molar-refractivity contribution in [2.75, 3.05) is 5.32 Å². The van der Waals surface area contributed by atoms with Gasteiger partial charge in [0.15, 0.2) is 11.2 Å². The number of carbonyl (C=O) groups is 1. The molecule has 1 unspecified atom stereocenters. The van der Waals surface area contributed by atoms with E-state index in [0.717, 1.165) is 28.6 Å². The number of phenolic OH excluding ortho intramolecular Hbond substituents is 1. The number of nitrogens with zero attached hydrogens (tertiary/aromatic N) is 3. The van der Waals surface area contributed by atoms with Crippen molar-refractivity contribution in [1.29, 1.82) is 0 Å². The smallest absolute Gasteiger partial charge is 0.255 e. The van der Waals surface area contributed by atoms with Crippen LogP contribution in [0.25, 0.3) is 22.0 Å². The summed E-state index contributed by atoms with van der Waals surface area (Å²) in [5.41, 5.74) is 2.69. The summed E-state index contributed by atoms with van der Waals surface area (Å²) in [6.45, 7) is 0. The highest BCUT2D eigenvalue weighted by Crippen LogP contribution is 2.33. The van der Waals surface area contributed by atoms with Crippen LogP contribution in [0, 0.1) is 5.82 Å². The second-order valence-corrected chi connectivity index (χ2v) is 8.05. The molecule has 0 spiro atoms. The van der Waals surface area contributed by atoms with Crippen molar-refractivity contribution in [2.45, 2.75) is 6.04 Å². The Balaban J connectivity index is 1.66. The van der Waals surface area contributed by atoms with Crippen LogP contribution in [0.5, 0.6) is 5.75 Å². The molecule has 0 saturated heterocycles. The first kappa shape index (κ1) is 19.9. The van der Waals surface area contributed by atoms with Gasteiger partial charge in [0.05, 0.1) is 0 Å². The summed E-state index contributed by atoms with van der Waals surface area (Å²) in [5.74, 6) is -1.25. The quantitative estimate of drug-likeness (QED) is 0.389. The number of fused-ring (bicyclic) bond motifs is 1. The maximum Gasteiger partial charge on any atom is 0.255 e. The number of hydrogen-bond donors (Lipinski definition) is 2. The molecule has 0 saturated carbocycles. The normalized spacial score (nSPS) is 12.0. The predicted octanol–water partition coefficient (Wildman–Crippen LogP) is 5.23. The molecule has 0 bridgehead atoms. The summed E-state index contributed by atoms with van der Waals surface area (Å²) in [7, 11) is 0. The van der Waals surface area contributed by atoms with Crippen LogP contribution in [0.1, 0.15) is 11.6 Å². The number of nitrogens with one attached hydrogen (secondary N) is 1. The van der Waals surface area contributed by atoms with E-state index in [1.165, 1.54) is 22.1 Å². The van der Waals surface area contributed by atoms with Crippen LogP contribution < -0.4 is 5.32 Å². The van der Waals surface area contributed by atoms with Crippen molar-refractivity contribution in [3.8, 4) is 16.9 Å². The molecule has 32 heavy (non-hydrogen) atoms. The molecule has 0 aliphatic heterocycles. The van der Waals surface area contributed by atoms with Crippen LogP contribution >= 0.6 is 11.3 Å². The molecule has 0 aliphatic carbocycles. The Labute approximate surface area is 186 Å². The fraction of sp³-hybridized carbons (Fsp3) is 0.0417. The zero-order valence-electron chi connectivity index (χ0n) is 16.6. The molecule has 0 radical (unpaired) electrons. The number of thiazole rings is 1. The minimum absolute atomic E-state index is 0.105. The Kier molecular flexibility index (Phi) is 5.12. The van der Waals surface area contributed by atoms with Crippen molar-refractivity contribution >= 4 is 33.3 Å². The highest BCUT2D eigenvalue weighted by atomic mass is 32.1. The molecule has 158 valence electrons. The number of phenols is 1. The van der Waals surface area contributed by atoms with Crippen LogP contribution in [0.4, 0.5) is 9.52 Å². The van der Waals surface area contributed by atoms with Gasteiger partial charge < -0.3 is 5.11 Å². The number of amides is 1. The first-order chi connectivity index (χ1) is 15.6. The molecule has 8 heteroatoms. The third kappa shape index (κ3) is 3.72. The third-order valence-corrected chi connectivity index (χ3v) is 5.79. The summed E-state index contributed by atoms with van der Waals surface area (Å²) in [6.07, 6.45) is 3.29. The van der Waals surface area contributed by atoms with Crippen LogP contribution in [-0.4, -0.2) is 25.8 Å². The molecule has 0 fully saturated rings. The van der Waals surface area contributed by atoms with Gasteiger partial charge in [-0.15, -0.1) is 11.3 Å². The molecule has 0 aliphatic rings. The van der Waals surface area contributed by atoms with E-state index in [-0.39, 0.29) is 11.3 Å². The van der Waals surface area contributed by atoms with Gasteiger partial charge in [-0.25, -0.2) is 9.37 Å². The molecule has 1 amide bonds. The molecule has 6 nitrogen and oxygen atoms in total. The highest BCUT2D eigenvalue weighted by Gasteiger charge is 2.28. The molecule has 2 N–H and O–H groups in total. The highest BCUT2D eigenvalue weighted by molar-refractivity contribution is 7.13. The van der Waals surface area contributed by atoms with Gasteiger partial charge in [-0.2, -0.15) is 5.10 Å². The van der Waals surface area contributed by atoms with Crippen molar-refractivity contribution in [3.63, 3.8) is 0 Å². The first-order valence-corrected chi connectivity index (χ1v) is 10.7. The third-order valence-electron chi connectivity index (χ3n) is 5.10. The Morgan fingerprint density at radius 2 is 1.94 bits per heavy atom. The summed E-state index contributed by atoms with van der Waals surface area (Å²) in [5, 5.41) is 20.8. The van der Waals surface area contributed by atoms with Gasteiger partial charge in [-0.1, -0.05) is 48.5 Å². The van der Waals surface area contributed by atoms with E-state index in [2.05, 4.69) is 10.3 Å². The van der Waals surface area contributed by atoms with Gasteiger partial charge >= 0.3 is 0 Å². The average Bonchev–Trinajstić information content (AvgIpc) is 3.46. The number of hydrogen-bond acceptors (Lipinski definition) is 5. The number of halogens is 1. The average molecular weight is 444 g/mol. The number of anilines is 1. The predicted molar refractivity (Wildman–Crippen MR) is 122 cm³/mol. The van der Waals surface area contributed by atoms with Gasteiger partial charge in [0, 0.05) is 34.3 Å². The zero-order valence-corrected chi connectivity index (χ0v) is 17.5. The zero-order chi connectivity index (χ0) is 22.1.